The number of rotatable bonds is 2. The van der Waals surface area contributed by atoms with Crippen LogP contribution in [0.5, 0.6) is 0 Å². The van der Waals surface area contributed by atoms with Crippen molar-refractivity contribution in [2.24, 2.45) is 28.9 Å². The molecule has 0 aliphatic heterocycles. The van der Waals surface area contributed by atoms with Gasteiger partial charge in [0, 0.05) is 6.04 Å². The van der Waals surface area contributed by atoms with Crippen LogP contribution in [0.1, 0.15) is 51.9 Å². The highest BCUT2D eigenvalue weighted by molar-refractivity contribution is 5.72. The predicted molar refractivity (Wildman–Crippen MR) is 69.8 cm³/mol. The SMILES string of the molecule is CCOC(=O)[C@H]1CCC[C@]2(C1)C1CCC(C1)C2N. The van der Waals surface area contributed by atoms with Gasteiger partial charge in [0.1, 0.15) is 0 Å². The van der Waals surface area contributed by atoms with E-state index in [9.17, 15) is 4.79 Å². The molecule has 3 aliphatic rings. The van der Waals surface area contributed by atoms with Gasteiger partial charge in [-0.05, 0) is 62.7 Å². The quantitative estimate of drug-likeness (QED) is 0.767. The molecule has 18 heavy (non-hydrogen) atoms. The standard InChI is InChI=1S/C15H25NO2/c1-2-18-14(17)11-4-3-7-15(9-11)12-6-5-10(8-12)13(15)16/h10-13H,2-9,16H2,1H3/t10?,11-,12?,13?,15-/m0/s1. The molecule has 3 fully saturated rings. The Balaban J connectivity index is 1.75. The molecule has 0 aromatic carbocycles. The molecular weight excluding hydrogens is 226 g/mol. The summed E-state index contributed by atoms with van der Waals surface area (Å²) in [6.45, 7) is 2.39. The zero-order valence-corrected chi connectivity index (χ0v) is 11.4. The highest BCUT2D eigenvalue weighted by Crippen LogP contribution is 2.61. The fraction of sp³-hybridized carbons (Fsp3) is 0.933. The Morgan fingerprint density at radius 2 is 2.22 bits per heavy atom. The van der Waals surface area contributed by atoms with E-state index in [1.165, 1.54) is 25.7 Å². The molecule has 0 amide bonds. The molecule has 0 aromatic heterocycles. The minimum Gasteiger partial charge on any atom is -0.466 e. The average molecular weight is 251 g/mol. The fourth-order valence-corrected chi connectivity index (χ4v) is 5.08. The van der Waals surface area contributed by atoms with E-state index < -0.39 is 0 Å². The van der Waals surface area contributed by atoms with Crippen LogP contribution < -0.4 is 5.73 Å². The van der Waals surface area contributed by atoms with Gasteiger partial charge >= 0.3 is 5.97 Å². The second kappa shape index (κ2) is 4.52. The molecule has 1 spiro atoms. The van der Waals surface area contributed by atoms with E-state index in [4.69, 9.17) is 10.5 Å². The maximum Gasteiger partial charge on any atom is 0.308 e. The number of carbonyl (C=O) groups excluding carboxylic acids is 1. The normalized spacial score (nSPS) is 46.6. The molecular formula is C15H25NO2. The Morgan fingerprint density at radius 1 is 1.39 bits per heavy atom. The summed E-state index contributed by atoms with van der Waals surface area (Å²) in [5.41, 5.74) is 6.79. The minimum absolute atomic E-state index is 0.0200. The van der Waals surface area contributed by atoms with Gasteiger partial charge < -0.3 is 10.5 Å². The first-order valence-corrected chi connectivity index (χ1v) is 7.59. The number of carbonyl (C=O) groups is 1. The molecule has 0 heterocycles. The smallest absolute Gasteiger partial charge is 0.308 e. The van der Waals surface area contributed by atoms with Crippen LogP contribution in [-0.4, -0.2) is 18.6 Å². The van der Waals surface area contributed by atoms with E-state index in [-0.39, 0.29) is 17.3 Å². The van der Waals surface area contributed by atoms with Crippen LogP contribution in [0.2, 0.25) is 0 Å². The molecule has 2 bridgehead atoms. The number of nitrogens with two attached hydrogens (primary N) is 1. The molecule has 2 N–H and O–H groups in total. The summed E-state index contributed by atoms with van der Waals surface area (Å²) >= 11 is 0. The summed E-state index contributed by atoms with van der Waals surface area (Å²) in [6, 6.07) is 0.341. The summed E-state index contributed by atoms with van der Waals surface area (Å²) in [5.74, 6) is 1.65. The number of fused-ring (bicyclic) bond motifs is 3. The molecule has 3 saturated carbocycles. The van der Waals surface area contributed by atoms with E-state index in [1.54, 1.807) is 0 Å². The van der Waals surface area contributed by atoms with Crippen molar-refractivity contribution in [1.29, 1.82) is 0 Å². The molecule has 5 atom stereocenters. The maximum atomic E-state index is 12.0. The second-order valence-electron chi connectivity index (χ2n) is 6.57. The van der Waals surface area contributed by atoms with Crippen molar-refractivity contribution in [3.05, 3.63) is 0 Å². The van der Waals surface area contributed by atoms with Crippen molar-refractivity contribution >= 4 is 5.97 Å². The summed E-state index contributed by atoms with van der Waals surface area (Å²) in [4.78, 5) is 12.0. The zero-order chi connectivity index (χ0) is 12.8. The van der Waals surface area contributed by atoms with Gasteiger partial charge in [0.05, 0.1) is 12.5 Å². The van der Waals surface area contributed by atoms with Crippen LogP contribution in [0, 0.1) is 23.2 Å². The van der Waals surface area contributed by atoms with Crippen molar-refractivity contribution < 1.29 is 9.53 Å². The summed E-state index contributed by atoms with van der Waals surface area (Å²) in [7, 11) is 0. The Morgan fingerprint density at radius 3 is 2.89 bits per heavy atom. The van der Waals surface area contributed by atoms with E-state index in [0.29, 0.717) is 12.6 Å². The average Bonchev–Trinajstić information content (AvgIpc) is 2.94. The Bertz CT molecular complexity index is 339. The van der Waals surface area contributed by atoms with Crippen molar-refractivity contribution in [2.75, 3.05) is 6.61 Å². The van der Waals surface area contributed by atoms with E-state index >= 15 is 0 Å². The molecule has 3 unspecified atom stereocenters. The van der Waals surface area contributed by atoms with Gasteiger partial charge in [-0.15, -0.1) is 0 Å². The zero-order valence-electron chi connectivity index (χ0n) is 11.4. The van der Waals surface area contributed by atoms with Gasteiger partial charge in [-0.25, -0.2) is 0 Å². The monoisotopic (exact) mass is 251 g/mol. The predicted octanol–water partition coefficient (Wildman–Crippen LogP) is 2.48. The van der Waals surface area contributed by atoms with Crippen molar-refractivity contribution in [3.63, 3.8) is 0 Å². The van der Waals surface area contributed by atoms with Gasteiger partial charge in [-0.1, -0.05) is 6.42 Å². The van der Waals surface area contributed by atoms with Crippen LogP contribution >= 0.6 is 0 Å². The van der Waals surface area contributed by atoms with E-state index in [1.807, 2.05) is 6.92 Å². The molecule has 3 heteroatoms. The molecule has 3 nitrogen and oxygen atoms in total. The minimum atomic E-state index is 0.0200. The Hall–Kier alpha value is -0.570. The largest absolute Gasteiger partial charge is 0.466 e. The third-order valence-electron chi connectivity index (χ3n) is 5.90. The molecule has 102 valence electrons. The molecule has 0 aromatic rings. The topological polar surface area (TPSA) is 52.3 Å². The summed E-state index contributed by atoms with van der Waals surface area (Å²) < 4.78 is 5.22. The molecule has 3 aliphatic carbocycles. The van der Waals surface area contributed by atoms with Crippen molar-refractivity contribution in [1.82, 2.24) is 0 Å². The van der Waals surface area contributed by atoms with Crippen LogP contribution in [0.4, 0.5) is 0 Å². The Kier molecular flexibility index (Phi) is 3.13. The van der Waals surface area contributed by atoms with Crippen LogP contribution in [0.25, 0.3) is 0 Å². The highest BCUT2D eigenvalue weighted by Gasteiger charge is 2.58. The number of esters is 1. The van der Waals surface area contributed by atoms with Gasteiger partial charge in [0.15, 0.2) is 0 Å². The number of hydrogen-bond acceptors (Lipinski definition) is 3. The lowest BCUT2D eigenvalue weighted by Crippen LogP contribution is -2.49. The number of hydrogen-bond donors (Lipinski definition) is 1. The van der Waals surface area contributed by atoms with Gasteiger partial charge in [0.2, 0.25) is 0 Å². The van der Waals surface area contributed by atoms with Crippen molar-refractivity contribution in [2.45, 2.75) is 57.9 Å². The molecule has 0 radical (unpaired) electrons. The first-order chi connectivity index (χ1) is 8.67. The summed E-state index contributed by atoms with van der Waals surface area (Å²) in [6.07, 6.45) is 8.37. The fourth-order valence-electron chi connectivity index (χ4n) is 5.08. The molecule has 3 rings (SSSR count). The van der Waals surface area contributed by atoms with Gasteiger partial charge in [-0.2, -0.15) is 0 Å². The van der Waals surface area contributed by atoms with Crippen LogP contribution in [-0.2, 0) is 9.53 Å². The first-order valence-electron chi connectivity index (χ1n) is 7.59. The van der Waals surface area contributed by atoms with Crippen LogP contribution in [0.15, 0.2) is 0 Å². The van der Waals surface area contributed by atoms with Gasteiger partial charge in [-0.3, -0.25) is 4.79 Å². The summed E-state index contributed by atoms with van der Waals surface area (Å²) in [5, 5.41) is 0. The van der Waals surface area contributed by atoms with Crippen LogP contribution in [0.3, 0.4) is 0 Å². The maximum absolute atomic E-state index is 12.0. The first kappa shape index (κ1) is 12.5. The third-order valence-corrected chi connectivity index (χ3v) is 5.90. The lowest BCUT2D eigenvalue weighted by molar-refractivity contribution is -0.151. The van der Waals surface area contributed by atoms with Crippen molar-refractivity contribution in [3.8, 4) is 0 Å². The highest BCUT2D eigenvalue weighted by atomic mass is 16.5. The molecule has 0 saturated heterocycles. The van der Waals surface area contributed by atoms with Gasteiger partial charge in [0.25, 0.3) is 0 Å². The second-order valence-corrected chi connectivity index (χ2v) is 6.57. The number of ether oxygens (including phenoxy) is 1. The lowest BCUT2D eigenvalue weighted by Gasteiger charge is -2.47. The lowest BCUT2D eigenvalue weighted by atomic mass is 9.59. The Labute approximate surface area is 109 Å². The van der Waals surface area contributed by atoms with E-state index in [0.717, 1.165) is 31.1 Å². The van der Waals surface area contributed by atoms with E-state index in [2.05, 4.69) is 0 Å². The third kappa shape index (κ3) is 1.70.